The number of Topliss-reactive ketones (excluding diaryl/α,β-unsaturated/α-hetero) is 1. The highest BCUT2D eigenvalue weighted by Gasteiger charge is 2.42. The molecule has 0 spiro atoms. The SMILES string of the molecule is CCn1ncc(Cl)c1C(C)(C)C1CCC(C)CC1=O. The van der Waals surface area contributed by atoms with E-state index in [0.29, 0.717) is 23.1 Å². The molecule has 0 aromatic carbocycles. The van der Waals surface area contributed by atoms with Crippen LogP contribution < -0.4 is 0 Å². The number of halogens is 1. The first kappa shape index (κ1) is 14.6. The quantitative estimate of drug-likeness (QED) is 0.844. The zero-order valence-electron chi connectivity index (χ0n) is 12.2. The molecule has 106 valence electrons. The van der Waals surface area contributed by atoms with Gasteiger partial charge in [-0.25, -0.2) is 0 Å². The normalized spacial score (nSPS) is 24.8. The van der Waals surface area contributed by atoms with Gasteiger partial charge in [0.1, 0.15) is 5.78 Å². The topological polar surface area (TPSA) is 34.9 Å². The minimum atomic E-state index is -0.249. The summed E-state index contributed by atoms with van der Waals surface area (Å²) >= 11 is 6.31. The zero-order chi connectivity index (χ0) is 14.2. The fourth-order valence-electron chi connectivity index (χ4n) is 3.37. The van der Waals surface area contributed by atoms with Crippen LogP contribution in [0.2, 0.25) is 5.02 Å². The summed E-state index contributed by atoms with van der Waals surface area (Å²) in [6.45, 7) is 9.24. The molecule has 0 radical (unpaired) electrons. The van der Waals surface area contributed by atoms with E-state index >= 15 is 0 Å². The first-order chi connectivity index (χ1) is 8.87. The molecule has 1 fully saturated rings. The summed E-state index contributed by atoms with van der Waals surface area (Å²) in [6.07, 6.45) is 4.47. The van der Waals surface area contributed by atoms with Gasteiger partial charge in [-0.15, -0.1) is 0 Å². The minimum absolute atomic E-state index is 0.0585. The van der Waals surface area contributed by atoms with Crippen molar-refractivity contribution in [3.05, 3.63) is 16.9 Å². The third kappa shape index (κ3) is 2.58. The third-order valence-electron chi connectivity index (χ3n) is 4.46. The smallest absolute Gasteiger partial charge is 0.137 e. The standard InChI is InChI=1S/C15H23ClN2O/c1-5-18-14(12(16)9-17-18)15(3,4)11-7-6-10(2)8-13(11)19/h9-11H,5-8H2,1-4H3. The summed E-state index contributed by atoms with van der Waals surface area (Å²) in [5.41, 5.74) is 0.755. The second-order valence-corrected chi connectivity index (χ2v) is 6.69. The summed E-state index contributed by atoms with van der Waals surface area (Å²) in [5.74, 6) is 0.956. The number of hydrogen-bond donors (Lipinski definition) is 0. The van der Waals surface area contributed by atoms with Crippen LogP contribution in [0.15, 0.2) is 6.20 Å². The molecule has 1 heterocycles. The van der Waals surface area contributed by atoms with Crippen molar-refractivity contribution in [1.82, 2.24) is 9.78 Å². The molecule has 19 heavy (non-hydrogen) atoms. The fraction of sp³-hybridized carbons (Fsp3) is 0.733. The Balaban J connectivity index is 2.36. The van der Waals surface area contributed by atoms with Crippen LogP contribution in [0.5, 0.6) is 0 Å². The Morgan fingerprint density at radius 1 is 1.47 bits per heavy atom. The van der Waals surface area contributed by atoms with Crippen LogP contribution in [0.3, 0.4) is 0 Å². The van der Waals surface area contributed by atoms with Crippen molar-refractivity contribution in [3.63, 3.8) is 0 Å². The van der Waals surface area contributed by atoms with Crippen molar-refractivity contribution < 1.29 is 4.79 Å². The summed E-state index contributed by atoms with van der Waals surface area (Å²) < 4.78 is 1.92. The molecule has 1 saturated carbocycles. The van der Waals surface area contributed by atoms with Gasteiger partial charge in [-0.1, -0.05) is 32.4 Å². The number of rotatable bonds is 3. The lowest BCUT2D eigenvalue weighted by atomic mass is 9.67. The number of carbonyl (C=O) groups excluding carboxylic acids is 1. The molecule has 1 aliphatic carbocycles. The minimum Gasteiger partial charge on any atom is -0.299 e. The molecule has 4 heteroatoms. The molecule has 0 N–H and O–H groups in total. The molecule has 2 rings (SSSR count). The Kier molecular flexibility index (Phi) is 4.05. The zero-order valence-corrected chi connectivity index (χ0v) is 13.0. The van der Waals surface area contributed by atoms with E-state index in [4.69, 9.17) is 11.6 Å². The van der Waals surface area contributed by atoms with Gasteiger partial charge in [0.15, 0.2) is 0 Å². The van der Waals surface area contributed by atoms with Crippen molar-refractivity contribution in [2.24, 2.45) is 11.8 Å². The molecule has 0 bridgehead atoms. The van der Waals surface area contributed by atoms with Crippen molar-refractivity contribution in [2.45, 2.75) is 58.9 Å². The Hall–Kier alpha value is -0.830. The second-order valence-electron chi connectivity index (χ2n) is 6.28. The van der Waals surface area contributed by atoms with E-state index in [1.165, 1.54) is 0 Å². The van der Waals surface area contributed by atoms with E-state index in [1.54, 1.807) is 6.20 Å². The lowest BCUT2D eigenvalue weighted by molar-refractivity contribution is -0.128. The van der Waals surface area contributed by atoms with Crippen LogP contribution in [-0.2, 0) is 16.8 Å². The van der Waals surface area contributed by atoms with Gasteiger partial charge in [0.05, 0.1) is 16.9 Å². The number of hydrogen-bond acceptors (Lipinski definition) is 2. The molecule has 2 atom stereocenters. The van der Waals surface area contributed by atoms with E-state index < -0.39 is 0 Å². The number of carbonyl (C=O) groups is 1. The lowest BCUT2D eigenvalue weighted by Gasteiger charge is -2.38. The molecule has 1 aromatic rings. The lowest BCUT2D eigenvalue weighted by Crippen LogP contribution is -2.40. The van der Waals surface area contributed by atoms with E-state index in [-0.39, 0.29) is 11.3 Å². The number of aryl methyl sites for hydroxylation is 1. The Morgan fingerprint density at radius 3 is 2.74 bits per heavy atom. The Morgan fingerprint density at radius 2 is 2.16 bits per heavy atom. The van der Waals surface area contributed by atoms with Crippen LogP contribution in [0, 0.1) is 11.8 Å². The summed E-state index contributed by atoms with van der Waals surface area (Å²) in [6, 6.07) is 0. The Labute approximate surface area is 120 Å². The average molecular weight is 283 g/mol. The van der Waals surface area contributed by atoms with Crippen LogP contribution in [0.1, 0.15) is 52.7 Å². The molecule has 0 saturated heterocycles. The molecule has 0 amide bonds. The van der Waals surface area contributed by atoms with Gasteiger partial charge in [-0.3, -0.25) is 9.48 Å². The fourth-order valence-corrected chi connectivity index (χ4v) is 3.76. The van der Waals surface area contributed by atoms with Crippen molar-refractivity contribution in [2.75, 3.05) is 0 Å². The number of nitrogens with zero attached hydrogens (tertiary/aromatic N) is 2. The van der Waals surface area contributed by atoms with Crippen molar-refractivity contribution >= 4 is 17.4 Å². The molecule has 2 unspecified atom stereocenters. The average Bonchev–Trinajstić information content (AvgIpc) is 2.70. The van der Waals surface area contributed by atoms with E-state index in [0.717, 1.165) is 25.1 Å². The Bertz CT molecular complexity index is 478. The van der Waals surface area contributed by atoms with Gasteiger partial charge < -0.3 is 0 Å². The first-order valence-corrected chi connectivity index (χ1v) is 7.50. The maximum absolute atomic E-state index is 12.4. The number of ketones is 1. The van der Waals surface area contributed by atoms with E-state index in [1.807, 2.05) is 11.6 Å². The maximum Gasteiger partial charge on any atom is 0.137 e. The predicted molar refractivity (Wildman–Crippen MR) is 77.4 cm³/mol. The summed E-state index contributed by atoms with van der Waals surface area (Å²) in [5, 5.41) is 4.99. The molecule has 0 aliphatic heterocycles. The molecule has 1 aromatic heterocycles. The van der Waals surface area contributed by atoms with E-state index in [2.05, 4.69) is 25.9 Å². The largest absolute Gasteiger partial charge is 0.299 e. The van der Waals surface area contributed by atoms with Crippen molar-refractivity contribution in [3.8, 4) is 0 Å². The highest BCUT2D eigenvalue weighted by Crippen LogP contribution is 2.42. The molecule has 1 aliphatic rings. The summed E-state index contributed by atoms with van der Waals surface area (Å²) in [7, 11) is 0. The van der Waals surface area contributed by atoms with Crippen LogP contribution >= 0.6 is 11.6 Å². The van der Waals surface area contributed by atoms with Crippen molar-refractivity contribution in [1.29, 1.82) is 0 Å². The molecular formula is C15H23ClN2O. The highest BCUT2D eigenvalue weighted by atomic mass is 35.5. The second kappa shape index (κ2) is 5.28. The van der Waals surface area contributed by atoms with Gasteiger partial charge in [-0.05, 0) is 25.7 Å². The van der Waals surface area contributed by atoms with Gasteiger partial charge >= 0.3 is 0 Å². The van der Waals surface area contributed by atoms with Gasteiger partial charge in [0, 0.05) is 24.3 Å². The summed E-state index contributed by atoms with van der Waals surface area (Å²) in [4.78, 5) is 12.4. The van der Waals surface area contributed by atoms with Crippen LogP contribution in [0.4, 0.5) is 0 Å². The van der Waals surface area contributed by atoms with E-state index in [9.17, 15) is 4.79 Å². The van der Waals surface area contributed by atoms with Gasteiger partial charge in [0.2, 0.25) is 0 Å². The monoisotopic (exact) mass is 282 g/mol. The molecule has 3 nitrogen and oxygen atoms in total. The number of aromatic nitrogens is 2. The predicted octanol–water partition coefficient (Wildman–Crippen LogP) is 3.84. The van der Waals surface area contributed by atoms with Gasteiger partial charge in [-0.2, -0.15) is 5.10 Å². The third-order valence-corrected chi connectivity index (χ3v) is 4.74. The van der Waals surface area contributed by atoms with Gasteiger partial charge in [0.25, 0.3) is 0 Å². The van der Waals surface area contributed by atoms with Crippen LogP contribution in [-0.4, -0.2) is 15.6 Å². The van der Waals surface area contributed by atoms with Crippen LogP contribution in [0.25, 0.3) is 0 Å². The highest BCUT2D eigenvalue weighted by molar-refractivity contribution is 6.31. The molecular weight excluding hydrogens is 260 g/mol. The first-order valence-electron chi connectivity index (χ1n) is 7.12. The maximum atomic E-state index is 12.4.